The van der Waals surface area contributed by atoms with Gasteiger partial charge in [-0.1, -0.05) is 19.3 Å². The molecule has 0 spiro atoms. The van der Waals surface area contributed by atoms with E-state index in [0.29, 0.717) is 6.04 Å². The van der Waals surface area contributed by atoms with Gasteiger partial charge in [0.15, 0.2) is 0 Å². The summed E-state index contributed by atoms with van der Waals surface area (Å²) in [6.07, 6.45) is 6.86. The highest BCUT2D eigenvalue weighted by atomic mass is 16.2. The van der Waals surface area contributed by atoms with E-state index in [-0.39, 0.29) is 5.91 Å². The van der Waals surface area contributed by atoms with Crippen molar-refractivity contribution < 1.29 is 4.79 Å². The Balaban J connectivity index is 1.88. The summed E-state index contributed by atoms with van der Waals surface area (Å²) in [5.41, 5.74) is 0. The lowest BCUT2D eigenvalue weighted by molar-refractivity contribution is -0.130. The van der Waals surface area contributed by atoms with Crippen LogP contribution >= 0.6 is 0 Å². The quantitative estimate of drug-likeness (QED) is 0.709. The Morgan fingerprint density at radius 3 is 2.67 bits per heavy atom. The molecular weight excluding hydrogens is 188 g/mol. The molecule has 1 N–H and O–H groups in total. The summed E-state index contributed by atoms with van der Waals surface area (Å²) in [6, 6.07) is 0.558. The van der Waals surface area contributed by atoms with Gasteiger partial charge in [0.05, 0.1) is 0 Å². The summed E-state index contributed by atoms with van der Waals surface area (Å²) in [4.78, 5) is 13.3. The molecule has 1 aliphatic heterocycles. The van der Waals surface area contributed by atoms with Crippen molar-refractivity contribution >= 4 is 5.91 Å². The number of hydrogen-bond acceptors (Lipinski definition) is 2. The minimum absolute atomic E-state index is 0.234. The van der Waals surface area contributed by atoms with E-state index in [1.165, 1.54) is 32.1 Å². The van der Waals surface area contributed by atoms with Gasteiger partial charge in [-0.2, -0.15) is 0 Å². The highest BCUT2D eigenvalue weighted by molar-refractivity contribution is 5.73. The molecule has 2 rings (SSSR count). The molecule has 0 aromatic carbocycles. The van der Waals surface area contributed by atoms with Crippen LogP contribution in [0.3, 0.4) is 0 Å². The van der Waals surface area contributed by atoms with Crippen LogP contribution in [-0.2, 0) is 4.79 Å². The summed E-state index contributed by atoms with van der Waals surface area (Å²) < 4.78 is 0. The molecule has 1 saturated heterocycles. The van der Waals surface area contributed by atoms with Gasteiger partial charge in [0.1, 0.15) is 0 Å². The molecular formula is C12H22N2O. The number of piperazine rings is 1. The predicted octanol–water partition coefficient (Wildman–Crippen LogP) is 1.39. The normalized spacial score (nSPS) is 29.1. The number of hydrogen-bond donors (Lipinski definition) is 1. The standard InChI is InChI=1S/C12H22N2O/c1-10(15)14-8-7-13-12(9-14)11-5-3-2-4-6-11/h11-13H,2-9H2,1H3. The molecule has 86 valence electrons. The summed E-state index contributed by atoms with van der Waals surface area (Å²) in [5.74, 6) is 1.04. The maximum Gasteiger partial charge on any atom is 0.219 e. The highest BCUT2D eigenvalue weighted by Crippen LogP contribution is 2.27. The Hall–Kier alpha value is -0.570. The van der Waals surface area contributed by atoms with Crippen LogP contribution in [-0.4, -0.2) is 36.5 Å². The molecule has 2 aliphatic rings. The highest BCUT2D eigenvalue weighted by Gasteiger charge is 2.28. The predicted molar refractivity (Wildman–Crippen MR) is 60.6 cm³/mol. The molecule has 15 heavy (non-hydrogen) atoms. The van der Waals surface area contributed by atoms with E-state index in [2.05, 4.69) is 5.32 Å². The zero-order chi connectivity index (χ0) is 10.7. The molecule has 0 aromatic rings. The Kier molecular flexibility index (Phi) is 3.62. The largest absolute Gasteiger partial charge is 0.340 e. The molecule has 2 fully saturated rings. The minimum Gasteiger partial charge on any atom is -0.340 e. The Bertz CT molecular complexity index is 224. The maximum atomic E-state index is 11.3. The summed E-state index contributed by atoms with van der Waals surface area (Å²) in [6.45, 7) is 4.47. The molecule has 1 aliphatic carbocycles. The first-order chi connectivity index (χ1) is 7.27. The van der Waals surface area contributed by atoms with Gasteiger partial charge >= 0.3 is 0 Å². The number of nitrogens with zero attached hydrogens (tertiary/aromatic N) is 1. The second-order valence-electron chi connectivity index (χ2n) is 4.92. The average molecular weight is 210 g/mol. The molecule has 0 bridgehead atoms. The lowest BCUT2D eigenvalue weighted by Crippen LogP contribution is -2.55. The van der Waals surface area contributed by atoms with Gasteiger partial charge in [0.2, 0.25) is 5.91 Å². The van der Waals surface area contributed by atoms with Crippen molar-refractivity contribution in [3.8, 4) is 0 Å². The number of carbonyl (C=O) groups is 1. The van der Waals surface area contributed by atoms with E-state index < -0.39 is 0 Å². The average Bonchev–Trinajstić information content (AvgIpc) is 2.30. The van der Waals surface area contributed by atoms with E-state index in [9.17, 15) is 4.79 Å². The van der Waals surface area contributed by atoms with Crippen LogP contribution in [0.1, 0.15) is 39.0 Å². The van der Waals surface area contributed by atoms with Crippen LogP contribution in [0.15, 0.2) is 0 Å². The van der Waals surface area contributed by atoms with Gasteiger partial charge in [-0.25, -0.2) is 0 Å². The summed E-state index contributed by atoms with van der Waals surface area (Å²) >= 11 is 0. The van der Waals surface area contributed by atoms with Gasteiger partial charge in [0, 0.05) is 32.6 Å². The van der Waals surface area contributed by atoms with E-state index in [4.69, 9.17) is 0 Å². The van der Waals surface area contributed by atoms with Crippen LogP contribution in [0.5, 0.6) is 0 Å². The summed E-state index contributed by atoms with van der Waals surface area (Å²) in [5, 5.41) is 3.58. The van der Waals surface area contributed by atoms with Crippen molar-refractivity contribution in [3.63, 3.8) is 0 Å². The zero-order valence-corrected chi connectivity index (χ0v) is 9.67. The van der Waals surface area contributed by atoms with Crippen molar-refractivity contribution in [2.45, 2.75) is 45.1 Å². The van der Waals surface area contributed by atoms with Crippen molar-refractivity contribution in [2.75, 3.05) is 19.6 Å². The van der Waals surface area contributed by atoms with Crippen LogP contribution < -0.4 is 5.32 Å². The second-order valence-corrected chi connectivity index (χ2v) is 4.92. The zero-order valence-electron chi connectivity index (χ0n) is 9.67. The van der Waals surface area contributed by atoms with Gasteiger partial charge in [0.25, 0.3) is 0 Å². The third-order valence-corrected chi connectivity index (χ3v) is 3.87. The smallest absolute Gasteiger partial charge is 0.219 e. The lowest BCUT2D eigenvalue weighted by Gasteiger charge is -2.38. The van der Waals surface area contributed by atoms with Gasteiger partial charge < -0.3 is 10.2 Å². The van der Waals surface area contributed by atoms with E-state index in [1.807, 2.05) is 4.90 Å². The fraction of sp³-hybridized carbons (Fsp3) is 0.917. The van der Waals surface area contributed by atoms with Crippen LogP contribution in [0.25, 0.3) is 0 Å². The Morgan fingerprint density at radius 1 is 1.27 bits per heavy atom. The fourth-order valence-electron chi connectivity index (χ4n) is 2.92. The fourth-order valence-corrected chi connectivity index (χ4v) is 2.92. The third kappa shape index (κ3) is 2.71. The van der Waals surface area contributed by atoms with Crippen LogP contribution in [0.4, 0.5) is 0 Å². The maximum absolute atomic E-state index is 11.3. The monoisotopic (exact) mass is 210 g/mol. The second kappa shape index (κ2) is 4.97. The van der Waals surface area contributed by atoms with Crippen LogP contribution in [0, 0.1) is 5.92 Å². The molecule has 0 radical (unpaired) electrons. The third-order valence-electron chi connectivity index (χ3n) is 3.87. The van der Waals surface area contributed by atoms with Crippen molar-refractivity contribution in [2.24, 2.45) is 5.92 Å². The van der Waals surface area contributed by atoms with Gasteiger partial charge in [-0.3, -0.25) is 4.79 Å². The van der Waals surface area contributed by atoms with E-state index in [0.717, 1.165) is 25.6 Å². The molecule has 1 heterocycles. The number of carbonyl (C=O) groups excluding carboxylic acids is 1. The topological polar surface area (TPSA) is 32.3 Å². The number of amides is 1. The lowest BCUT2D eigenvalue weighted by atomic mass is 9.83. The SMILES string of the molecule is CC(=O)N1CCNC(C2CCCCC2)C1. The molecule has 1 atom stereocenters. The first kappa shape index (κ1) is 10.9. The first-order valence-electron chi connectivity index (χ1n) is 6.26. The minimum atomic E-state index is 0.234. The van der Waals surface area contributed by atoms with Crippen LogP contribution in [0.2, 0.25) is 0 Å². The number of nitrogens with one attached hydrogen (secondary N) is 1. The molecule has 1 saturated carbocycles. The first-order valence-corrected chi connectivity index (χ1v) is 6.26. The Labute approximate surface area is 92.2 Å². The Morgan fingerprint density at radius 2 is 2.00 bits per heavy atom. The molecule has 0 aromatic heterocycles. The van der Waals surface area contributed by atoms with Gasteiger partial charge in [-0.05, 0) is 18.8 Å². The molecule has 1 unspecified atom stereocenters. The number of rotatable bonds is 1. The molecule has 3 heteroatoms. The van der Waals surface area contributed by atoms with Crippen molar-refractivity contribution in [3.05, 3.63) is 0 Å². The molecule has 1 amide bonds. The van der Waals surface area contributed by atoms with Crippen molar-refractivity contribution in [1.82, 2.24) is 10.2 Å². The van der Waals surface area contributed by atoms with Gasteiger partial charge in [-0.15, -0.1) is 0 Å². The summed E-state index contributed by atoms with van der Waals surface area (Å²) in [7, 11) is 0. The molecule has 3 nitrogen and oxygen atoms in total. The van der Waals surface area contributed by atoms with E-state index >= 15 is 0 Å². The van der Waals surface area contributed by atoms with Crippen molar-refractivity contribution in [1.29, 1.82) is 0 Å². The van der Waals surface area contributed by atoms with E-state index in [1.54, 1.807) is 6.92 Å².